The summed E-state index contributed by atoms with van der Waals surface area (Å²) >= 11 is 0. The van der Waals surface area contributed by atoms with E-state index in [4.69, 9.17) is 15.0 Å². The Morgan fingerprint density at radius 2 is 1.04 bits per heavy atom. The van der Waals surface area contributed by atoms with E-state index in [1.165, 1.54) is 16.3 Å². The molecule has 0 N–H and O–H groups in total. The van der Waals surface area contributed by atoms with Crippen molar-refractivity contribution in [1.29, 1.82) is 0 Å². The Bertz CT molecular complexity index is 2900. The molecule has 0 aliphatic rings. The van der Waals surface area contributed by atoms with Gasteiger partial charge in [-0.15, -0.1) is 0 Å². The summed E-state index contributed by atoms with van der Waals surface area (Å²) < 4.78 is 0. The van der Waals surface area contributed by atoms with Gasteiger partial charge >= 0.3 is 0 Å². The van der Waals surface area contributed by atoms with Crippen molar-refractivity contribution >= 4 is 40.1 Å². The smallest absolute Gasteiger partial charge is 0.161 e. The first-order chi connectivity index (χ1) is 28.2. The summed E-state index contributed by atoms with van der Waals surface area (Å²) in [4.78, 5) is 19.9. The van der Waals surface area contributed by atoms with Crippen LogP contribution in [0.3, 0.4) is 0 Å². The molecule has 9 rings (SSSR count). The van der Waals surface area contributed by atoms with Crippen LogP contribution in [0.2, 0.25) is 0 Å². The zero-order valence-electron chi connectivity index (χ0n) is 31.3. The molecule has 0 bridgehead atoms. The van der Waals surface area contributed by atoms with Crippen molar-refractivity contribution in [2.75, 3.05) is 0 Å². The molecule has 1 heterocycles. The molecule has 8 aromatic carbocycles. The summed E-state index contributed by atoms with van der Waals surface area (Å²) in [5, 5.41) is 3.52. The molecule has 1 aromatic heterocycles. The molecule has 4 nitrogen and oxygen atoms in total. The van der Waals surface area contributed by atoms with Gasteiger partial charge in [-0.25, -0.2) is 15.0 Å². The van der Waals surface area contributed by atoms with Gasteiger partial charge in [-0.3, -0.25) is 4.99 Å². The van der Waals surface area contributed by atoms with Gasteiger partial charge in [0.1, 0.15) is 0 Å². The lowest BCUT2D eigenvalue weighted by Gasteiger charge is -2.14. The van der Waals surface area contributed by atoms with Gasteiger partial charge in [-0.2, -0.15) is 0 Å². The van der Waals surface area contributed by atoms with Gasteiger partial charge in [0.2, 0.25) is 0 Å². The summed E-state index contributed by atoms with van der Waals surface area (Å²) in [7, 11) is 0. The van der Waals surface area contributed by atoms with E-state index in [1.54, 1.807) is 0 Å². The molecule has 0 spiro atoms. The summed E-state index contributed by atoms with van der Waals surface area (Å²) in [6.07, 6.45) is 0. The lowest BCUT2D eigenvalue weighted by Crippen LogP contribution is -2.06. The molecule has 270 valence electrons. The average molecular weight is 731 g/mol. The molecule has 0 saturated carbocycles. The van der Waals surface area contributed by atoms with E-state index < -0.39 is 0 Å². The number of fused-ring (bicyclic) bond motifs is 3. The predicted octanol–water partition coefficient (Wildman–Crippen LogP) is 13.2. The van der Waals surface area contributed by atoms with Gasteiger partial charge in [-0.1, -0.05) is 188 Å². The van der Waals surface area contributed by atoms with Crippen LogP contribution >= 0.6 is 0 Å². The summed E-state index contributed by atoms with van der Waals surface area (Å²) in [6, 6.07) is 71.5. The van der Waals surface area contributed by atoms with E-state index in [9.17, 15) is 0 Å². The van der Waals surface area contributed by atoms with Crippen molar-refractivity contribution in [3.05, 3.63) is 223 Å². The molecular weight excluding hydrogens is 693 g/mol. The molecule has 0 fully saturated rings. The predicted molar refractivity (Wildman–Crippen MR) is 240 cm³/mol. The Morgan fingerprint density at radius 3 is 1.70 bits per heavy atom. The molecule has 0 unspecified atom stereocenters. The van der Waals surface area contributed by atoms with Crippen molar-refractivity contribution < 1.29 is 0 Å². The number of aliphatic imine (C=N–C) groups is 3. The maximum Gasteiger partial charge on any atom is 0.161 e. The Labute approximate surface area is 333 Å². The Morgan fingerprint density at radius 1 is 0.456 bits per heavy atom. The first-order valence-electron chi connectivity index (χ1n) is 19.1. The third kappa shape index (κ3) is 7.57. The normalized spacial score (nSPS) is 11.9. The van der Waals surface area contributed by atoms with E-state index in [1.807, 2.05) is 36.4 Å². The third-order valence-electron chi connectivity index (χ3n) is 10.3. The van der Waals surface area contributed by atoms with Crippen LogP contribution in [0.4, 0.5) is 0 Å². The van der Waals surface area contributed by atoms with Crippen LogP contribution in [-0.4, -0.2) is 23.4 Å². The maximum absolute atomic E-state index is 5.26. The SMILES string of the molecule is C=N/C(=N\C(=N/Cc1ccc(-c2ccccc2)cc1)c1cccc(-c2cc(-c3ccccc3)c3c(ccc4ccccc43)n2)c1)c1ccc(-c2ccccc2)cc1. The monoisotopic (exact) mass is 730 g/mol. The van der Waals surface area contributed by atoms with Gasteiger partial charge in [0, 0.05) is 22.1 Å². The van der Waals surface area contributed by atoms with Crippen molar-refractivity contribution in [2.24, 2.45) is 15.0 Å². The first kappa shape index (κ1) is 35.2. The van der Waals surface area contributed by atoms with Gasteiger partial charge < -0.3 is 0 Å². The zero-order chi connectivity index (χ0) is 38.4. The van der Waals surface area contributed by atoms with Gasteiger partial charge in [-0.05, 0) is 74.6 Å². The fourth-order valence-corrected chi connectivity index (χ4v) is 7.34. The number of amidine groups is 2. The van der Waals surface area contributed by atoms with E-state index in [0.29, 0.717) is 18.2 Å². The summed E-state index contributed by atoms with van der Waals surface area (Å²) in [5.74, 6) is 1.06. The van der Waals surface area contributed by atoms with E-state index in [0.717, 1.165) is 66.7 Å². The largest absolute Gasteiger partial charge is 0.261 e. The Balaban J connectivity index is 1.13. The molecule has 0 radical (unpaired) electrons. The molecular formula is C53H38N4. The number of nitrogens with zero attached hydrogens (tertiary/aromatic N) is 4. The van der Waals surface area contributed by atoms with E-state index >= 15 is 0 Å². The highest BCUT2D eigenvalue weighted by Crippen LogP contribution is 2.37. The minimum atomic E-state index is 0.439. The highest BCUT2D eigenvalue weighted by atomic mass is 15.0. The topological polar surface area (TPSA) is 50.0 Å². The maximum atomic E-state index is 5.26. The van der Waals surface area contributed by atoms with Crippen molar-refractivity contribution in [3.63, 3.8) is 0 Å². The summed E-state index contributed by atoms with van der Waals surface area (Å²) in [5.41, 5.74) is 12.5. The van der Waals surface area contributed by atoms with Crippen LogP contribution in [-0.2, 0) is 6.54 Å². The van der Waals surface area contributed by atoms with E-state index in [2.05, 4.69) is 182 Å². The lowest BCUT2D eigenvalue weighted by molar-refractivity contribution is 1.06. The fourth-order valence-electron chi connectivity index (χ4n) is 7.34. The van der Waals surface area contributed by atoms with E-state index in [-0.39, 0.29) is 0 Å². The summed E-state index contributed by atoms with van der Waals surface area (Å²) in [6.45, 7) is 4.37. The number of benzene rings is 8. The lowest BCUT2D eigenvalue weighted by atomic mass is 9.94. The molecule has 0 aliphatic heterocycles. The highest BCUT2D eigenvalue weighted by molar-refractivity contribution is 6.15. The Hall–Kier alpha value is -7.56. The second kappa shape index (κ2) is 16.0. The number of aromatic nitrogens is 1. The van der Waals surface area contributed by atoms with Crippen LogP contribution in [0, 0.1) is 0 Å². The third-order valence-corrected chi connectivity index (χ3v) is 10.3. The van der Waals surface area contributed by atoms with Gasteiger partial charge in [0.15, 0.2) is 11.7 Å². The zero-order valence-corrected chi connectivity index (χ0v) is 31.3. The van der Waals surface area contributed by atoms with Crippen LogP contribution in [0.5, 0.6) is 0 Å². The van der Waals surface area contributed by atoms with Crippen LogP contribution < -0.4 is 0 Å². The molecule has 0 saturated heterocycles. The number of pyridine rings is 1. The molecule has 0 aliphatic carbocycles. The van der Waals surface area contributed by atoms with Crippen LogP contribution in [0.15, 0.2) is 221 Å². The quantitative estimate of drug-likeness (QED) is 0.0872. The standard InChI is InChI=1S/C53H38N4/c1-54-52(44-30-28-41(29-31-44)39-16-7-3-8-17-39)57-53(55-36-37-24-26-40(27-25-37)38-14-5-2-6-15-38)46-22-13-21-45(34-46)50-35-48(42-18-9-4-10-19-42)51-47-23-12-11-20-43(47)32-33-49(51)56-50/h2-35H,1,36H2/b55-53-,57-52-. The van der Waals surface area contributed by atoms with Crippen molar-refractivity contribution in [1.82, 2.24) is 4.98 Å². The van der Waals surface area contributed by atoms with Crippen LogP contribution in [0.25, 0.3) is 66.3 Å². The molecule has 0 atom stereocenters. The first-order valence-corrected chi connectivity index (χ1v) is 19.1. The molecule has 57 heavy (non-hydrogen) atoms. The van der Waals surface area contributed by atoms with Crippen molar-refractivity contribution in [2.45, 2.75) is 6.54 Å². The molecule has 9 aromatic rings. The fraction of sp³-hybridized carbons (Fsp3) is 0.0189. The van der Waals surface area contributed by atoms with Crippen LogP contribution in [0.1, 0.15) is 16.7 Å². The Kier molecular flexibility index (Phi) is 9.89. The van der Waals surface area contributed by atoms with Crippen molar-refractivity contribution in [3.8, 4) is 44.6 Å². The minimum Gasteiger partial charge on any atom is -0.261 e. The number of hydrogen-bond donors (Lipinski definition) is 0. The molecule has 4 heteroatoms. The number of hydrogen-bond acceptors (Lipinski definition) is 2. The average Bonchev–Trinajstić information content (AvgIpc) is 3.30. The number of rotatable bonds is 8. The second-order valence-electron chi connectivity index (χ2n) is 13.9. The minimum absolute atomic E-state index is 0.439. The second-order valence-corrected chi connectivity index (χ2v) is 13.9. The molecule has 0 amide bonds. The van der Waals surface area contributed by atoms with Gasteiger partial charge in [0.25, 0.3) is 0 Å². The highest BCUT2D eigenvalue weighted by Gasteiger charge is 2.15. The van der Waals surface area contributed by atoms with Gasteiger partial charge in [0.05, 0.1) is 17.8 Å².